The van der Waals surface area contributed by atoms with Gasteiger partial charge in [-0.1, -0.05) is 44.5 Å². The predicted octanol–water partition coefficient (Wildman–Crippen LogP) is 6.46. The molecule has 3 aromatic rings. The van der Waals surface area contributed by atoms with Crippen LogP contribution in [-0.2, 0) is 15.5 Å². The van der Waals surface area contributed by atoms with Gasteiger partial charge in [-0.05, 0) is 112 Å². The summed E-state index contributed by atoms with van der Waals surface area (Å²) in [4.78, 5) is 26.2. The van der Waals surface area contributed by atoms with Crippen molar-refractivity contribution in [3.63, 3.8) is 0 Å². The normalized spacial score (nSPS) is 11.8. The summed E-state index contributed by atoms with van der Waals surface area (Å²) in [5.41, 5.74) is 3.13. The first-order valence-corrected chi connectivity index (χ1v) is 14.7. The molecule has 0 atom stereocenters. The molecule has 0 fully saturated rings. The van der Waals surface area contributed by atoms with E-state index in [0.717, 1.165) is 22.3 Å². The highest BCUT2D eigenvalue weighted by atomic mass is 127. The fourth-order valence-corrected chi connectivity index (χ4v) is 7.75. The molecule has 196 valence electrons. The van der Waals surface area contributed by atoms with Crippen molar-refractivity contribution in [2.45, 2.75) is 51.9 Å². The van der Waals surface area contributed by atoms with E-state index in [1.54, 1.807) is 63.4 Å². The third kappa shape index (κ3) is 6.89. The van der Waals surface area contributed by atoms with Gasteiger partial charge in [0.15, 0.2) is 0 Å². The minimum Gasteiger partial charge on any atom is -0.744 e. The molecule has 10 heteroatoms. The van der Waals surface area contributed by atoms with Gasteiger partial charge < -0.3 is 14.0 Å². The van der Waals surface area contributed by atoms with E-state index in [2.05, 4.69) is 0 Å². The van der Waals surface area contributed by atoms with Crippen LogP contribution in [0.1, 0.15) is 63.7 Å². The Morgan fingerprint density at radius 3 is 1.81 bits per heavy atom. The van der Waals surface area contributed by atoms with Crippen molar-refractivity contribution < 1.29 is 32.0 Å². The summed E-state index contributed by atoms with van der Waals surface area (Å²) < 4.78 is 46.2. The molecule has 0 aliphatic rings. The van der Waals surface area contributed by atoms with Gasteiger partial charge in [-0.2, -0.15) is 0 Å². The zero-order valence-electron chi connectivity index (χ0n) is 21.1. The lowest BCUT2D eigenvalue weighted by molar-refractivity contribution is 0.0690. The van der Waals surface area contributed by atoms with Gasteiger partial charge in [0, 0.05) is 7.14 Å². The molecular formula is C27H25I2O7S-. The second kappa shape index (κ2) is 11.0. The maximum Gasteiger partial charge on any atom is 0.344 e. The van der Waals surface area contributed by atoms with Crippen molar-refractivity contribution in [3.8, 4) is 11.5 Å². The van der Waals surface area contributed by atoms with Gasteiger partial charge in [-0.3, -0.25) is 0 Å². The highest BCUT2D eigenvalue weighted by Crippen LogP contribution is 2.31. The Bertz CT molecular complexity index is 1470. The largest absolute Gasteiger partial charge is 0.744 e. The second-order valence-electron chi connectivity index (χ2n) is 9.69. The van der Waals surface area contributed by atoms with Crippen LogP contribution < -0.4 is 9.47 Å². The Hall–Kier alpha value is -2.03. The van der Waals surface area contributed by atoms with Crippen LogP contribution in [0.2, 0.25) is 0 Å². The fourth-order valence-electron chi connectivity index (χ4n) is 3.83. The smallest absolute Gasteiger partial charge is 0.344 e. The zero-order valence-corrected chi connectivity index (χ0v) is 26.2. The van der Waals surface area contributed by atoms with E-state index in [0.29, 0.717) is 5.75 Å². The number of carbonyl (C=O) groups is 2. The Labute approximate surface area is 244 Å². The van der Waals surface area contributed by atoms with E-state index >= 15 is 0 Å². The lowest BCUT2D eigenvalue weighted by Crippen LogP contribution is -2.21. The van der Waals surface area contributed by atoms with Crippen molar-refractivity contribution in [2.75, 3.05) is 0 Å². The Kier molecular flexibility index (Phi) is 8.77. The molecule has 0 aromatic heterocycles. The summed E-state index contributed by atoms with van der Waals surface area (Å²) in [5, 5.41) is 0. The van der Waals surface area contributed by atoms with E-state index in [4.69, 9.17) is 9.47 Å². The molecule has 0 saturated heterocycles. The number of aryl methyl sites for hydroxylation is 3. The lowest BCUT2D eigenvalue weighted by Gasteiger charge is -2.21. The molecule has 3 aromatic carbocycles. The first-order valence-electron chi connectivity index (χ1n) is 11.1. The van der Waals surface area contributed by atoms with Crippen molar-refractivity contribution >= 4 is 67.2 Å². The maximum absolute atomic E-state index is 13.3. The van der Waals surface area contributed by atoms with Crippen LogP contribution in [0.4, 0.5) is 0 Å². The molecule has 0 aliphatic carbocycles. The van der Waals surface area contributed by atoms with Gasteiger partial charge in [-0.25, -0.2) is 18.0 Å². The molecule has 0 amide bonds. The molecule has 0 bridgehead atoms. The van der Waals surface area contributed by atoms with Gasteiger partial charge in [0.25, 0.3) is 0 Å². The summed E-state index contributed by atoms with van der Waals surface area (Å²) >= 11 is 3.41. The molecule has 0 N–H and O–H groups in total. The number of rotatable bonds is 5. The second-order valence-corrected chi connectivity index (χ2v) is 13.3. The minimum atomic E-state index is -4.71. The molecule has 3 rings (SSSR count). The van der Waals surface area contributed by atoms with E-state index in [1.165, 1.54) is 12.1 Å². The number of hydrogen-bond acceptors (Lipinski definition) is 7. The van der Waals surface area contributed by atoms with Gasteiger partial charge in [-0.15, -0.1) is 0 Å². The Balaban J connectivity index is 2.05. The van der Waals surface area contributed by atoms with E-state index in [9.17, 15) is 22.6 Å². The highest BCUT2D eigenvalue weighted by Gasteiger charge is 2.26. The molecule has 0 heterocycles. The number of esters is 2. The number of ether oxygens (including phenoxy) is 2. The van der Waals surface area contributed by atoms with Crippen LogP contribution in [0.5, 0.6) is 11.5 Å². The standard InChI is InChI=1S/C27H26I2O7S/c1-14-9-15(2)23(16(3)10-14)36-25(30)19-8-7-17(27(4,5)6)11-20(19)26(31)35-18-12-21(28)24(22(29)13-18)37(32,33)34/h7-13H,1-6H3,(H,32,33,34)/p-1. The van der Waals surface area contributed by atoms with E-state index in [1.807, 2.05) is 53.7 Å². The van der Waals surface area contributed by atoms with Crippen LogP contribution >= 0.6 is 45.2 Å². The average Bonchev–Trinajstić information content (AvgIpc) is 2.73. The van der Waals surface area contributed by atoms with Crippen LogP contribution in [0.3, 0.4) is 0 Å². The number of halogens is 2. The molecule has 0 aliphatic heterocycles. The average molecular weight is 747 g/mol. The number of benzene rings is 3. The molecule has 7 nitrogen and oxygen atoms in total. The summed E-state index contributed by atoms with van der Waals surface area (Å²) in [6.45, 7) is 11.6. The maximum atomic E-state index is 13.3. The molecule has 0 spiro atoms. The summed E-state index contributed by atoms with van der Waals surface area (Å²) in [6, 6.07) is 11.3. The molecule has 0 saturated carbocycles. The van der Waals surface area contributed by atoms with E-state index in [-0.39, 0.29) is 34.3 Å². The highest BCUT2D eigenvalue weighted by molar-refractivity contribution is 14.1. The summed E-state index contributed by atoms with van der Waals surface area (Å²) in [5.74, 6) is -1.07. The first-order chi connectivity index (χ1) is 17.0. The third-order valence-corrected chi connectivity index (χ3v) is 8.93. The molecule has 0 unspecified atom stereocenters. The minimum absolute atomic E-state index is 0.00498. The number of carbonyl (C=O) groups excluding carboxylic acids is 2. The van der Waals surface area contributed by atoms with Crippen LogP contribution in [0, 0.1) is 27.9 Å². The number of hydrogen-bond donors (Lipinski definition) is 0. The van der Waals surface area contributed by atoms with Crippen molar-refractivity contribution in [1.29, 1.82) is 0 Å². The lowest BCUT2D eigenvalue weighted by atomic mass is 9.85. The van der Waals surface area contributed by atoms with Crippen LogP contribution in [0.15, 0.2) is 47.4 Å². The first kappa shape index (κ1) is 29.5. The molecule has 37 heavy (non-hydrogen) atoms. The van der Waals surface area contributed by atoms with Gasteiger partial charge in [0.2, 0.25) is 0 Å². The van der Waals surface area contributed by atoms with Gasteiger partial charge >= 0.3 is 11.9 Å². The van der Waals surface area contributed by atoms with Crippen LogP contribution in [0.25, 0.3) is 0 Å². The third-order valence-electron chi connectivity index (χ3n) is 5.56. The topological polar surface area (TPSA) is 110 Å². The Morgan fingerprint density at radius 2 is 1.32 bits per heavy atom. The van der Waals surface area contributed by atoms with Crippen molar-refractivity contribution in [1.82, 2.24) is 0 Å². The van der Waals surface area contributed by atoms with Crippen molar-refractivity contribution in [3.05, 3.63) is 83.0 Å². The summed E-state index contributed by atoms with van der Waals surface area (Å²) in [7, 11) is -4.71. The zero-order chi connectivity index (χ0) is 27.9. The quantitative estimate of drug-likeness (QED) is 0.128. The van der Waals surface area contributed by atoms with Crippen molar-refractivity contribution in [2.24, 2.45) is 0 Å². The SMILES string of the molecule is Cc1cc(C)c(OC(=O)c2ccc(C(C)(C)C)cc2C(=O)Oc2cc(I)c(S(=O)(=O)[O-])c(I)c2)c(C)c1. The Morgan fingerprint density at radius 1 is 0.811 bits per heavy atom. The molecule has 0 radical (unpaired) electrons. The fraction of sp³-hybridized carbons (Fsp3) is 0.259. The van der Waals surface area contributed by atoms with Crippen LogP contribution in [-0.4, -0.2) is 24.9 Å². The monoisotopic (exact) mass is 747 g/mol. The van der Waals surface area contributed by atoms with E-state index < -0.39 is 22.1 Å². The summed E-state index contributed by atoms with van der Waals surface area (Å²) in [6.07, 6.45) is 0. The predicted molar refractivity (Wildman–Crippen MR) is 156 cm³/mol. The van der Waals surface area contributed by atoms with Gasteiger partial charge in [0.1, 0.15) is 21.6 Å². The molecular weight excluding hydrogens is 722 g/mol. The van der Waals surface area contributed by atoms with Gasteiger partial charge in [0.05, 0.1) is 16.0 Å².